The lowest BCUT2D eigenvalue weighted by atomic mass is 10.0. The van der Waals surface area contributed by atoms with Crippen LogP contribution in [0.4, 0.5) is 0 Å². The molecule has 0 spiro atoms. The Hall–Kier alpha value is -0.830. The quantitative estimate of drug-likeness (QED) is 0.843. The smallest absolute Gasteiger partial charge is 0.321 e. The molecule has 0 saturated heterocycles. The number of hydrogen-bond acceptors (Lipinski definition) is 1. The average Bonchev–Trinajstić information content (AvgIpc) is 2.16. The summed E-state index contributed by atoms with van der Waals surface area (Å²) in [5.74, 6) is -0.384. The molecule has 0 saturated carbocycles. The first kappa shape index (κ1) is 11.2. The summed E-state index contributed by atoms with van der Waals surface area (Å²) >= 11 is 3.11. The van der Waals surface area contributed by atoms with Crippen LogP contribution in [0, 0.1) is 0 Å². The number of halogens is 1. The molecule has 0 heterocycles. The highest BCUT2D eigenvalue weighted by Gasteiger charge is 2.15. The molecule has 1 atom stereocenters. The highest BCUT2D eigenvalue weighted by atomic mass is 79.9. The van der Waals surface area contributed by atoms with Crippen molar-refractivity contribution in [3.63, 3.8) is 0 Å². The number of hydrogen-bond donors (Lipinski definition) is 1. The number of carbonyl (C=O) groups is 1. The van der Waals surface area contributed by atoms with Crippen LogP contribution in [0.5, 0.6) is 0 Å². The van der Waals surface area contributed by atoms with Crippen LogP contribution in [0.1, 0.15) is 35.7 Å². The Balaban J connectivity index is 2.88. The molecule has 0 fully saturated rings. The van der Waals surface area contributed by atoms with Gasteiger partial charge in [0.25, 0.3) is 0 Å². The van der Waals surface area contributed by atoms with Crippen molar-refractivity contribution in [3.8, 4) is 0 Å². The van der Waals surface area contributed by atoms with E-state index in [2.05, 4.69) is 29.8 Å². The highest BCUT2D eigenvalue weighted by molar-refractivity contribution is 9.09. The van der Waals surface area contributed by atoms with Gasteiger partial charge >= 0.3 is 5.97 Å². The molecular weight excluding hydrogens is 244 g/mol. The second-order valence-electron chi connectivity index (χ2n) is 3.52. The first-order valence-electron chi connectivity index (χ1n) is 4.49. The molecule has 0 bridgehead atoms. The minimum absolute atomic E-state index is 0.475. The van der Waals surface area contributed by atoms with Crippen LogP contribution in [0.2, 0.25) is 0 Å². The Labute approximate surface area is 92.1 Å². The first-order valence-corrected chi connectivity index (χ1v) is 5.40. The average molecular weight is 257 g/mol. The molecule has 0 aromatic heterocycles. The predicted molar refractivity (Wildman–Crippen MR) is 59.8 cm³/mol. The van der Waals surface area contributed by atoms with Crippen molar-refractivity contribution in [1.82, 2.24) is 0 Å². The van der Waals surface area contributed by atoms with Crippen molar-refractivity contribution in [2.75, 3.05) is 0 Å². The standard InChI is InChI=1S/C11H13BrO2/c1-7(2)8-3-5-9(6-4-8)10(12)11(13)14/h3-7,10H,1-2H3,(H,13,14). The van der Waals surface area contributed by atoms with Crippen LogP contribution in [0.15, 0.2) is 24.3 Å². The summed E-state index contributed by atoms with van der Waals surface area (Å²) in [7, 11) is 0. The molecule has 1 aromatic rings. The van der Waals surface area contributed by atoms with Crippen molar-refractivity contribution in [2.45, 2.75) is 24.6 Å². The van der Waals surface area contributed by atoms with Gasteiger partial charge in [0.15, 0.2) is 0 Å². The minimum atomic E-state index is -0.859. The molecule has 1 unspecified atom stereocenters. The number of aliphatic carboxylic acids is 1. The van der Waals surface area contributed by atoms with Gasteiger partial charge < -0.3 is 5.11 Å². The number of alkyl halides is 1. The molecule has 1 rings (SSSR count). The summed E-state index contributed by atoms with van der Waals surface area (Å²) in [4.78, 5) is 10.1. The van der Waals surface area contributed by atoms with E-state index in [1.807, 2.05) is 24.3 Å². The Kier molecular flexibility index (Phi) is 3.69. The van der Waals surface area contributed by atoms with E-state index in [0.717, 1.165) is 5.56 Å². The molecule has 0 aliphatic heterocycles. The fourth-order valence-corrected chi connectivity index (χ4v) is 1.50. The van der Waals surface area contributed by atoms with Crippen LogP contribution >= 0.6 is 15.9 Å². The summed E-state index contributed by atoms with van der Waals surface area (Å²) in [5.41, 5.74) is 2.00. The first-order chi connectivity index (χ1) is 6.52. The van der Waals surface area contributed by atoms with Crippen molar-refractivity contribution >= 4 is 21.9 Å². The minimum Gasteiger partial charge on any atom is -0.480 e. The van der Waals surface area contributed by atoms with Crippen LogP contribution in [-0.4, -0.2) is 11.1 Å². The molecule has 0 amide bonds. The van der Waals surface area contributed by atoms with Gasteiger partial charge in [-0.05, 0) is 17.0 Å². The zero-order valence-electron chi connectivity index (χ0n) is 8.20. The van der Waals surface area contributed by atoms with Crippen molar-refractivity contribution in [2.24, 2.45) is 0 Å². The van der Waals surface area contributed by atoms with Crippen LogP contribution in [-0.2, 0) is 4.79 Å². The molecule has 1 aromatic carbocycles. The third kappa shape index (κ3) is 2.58. The Morgan fingerprint density at radius 1 is 1.21 bits per heavy atom. The van der Waals surface area contributed by atoms with Crippen molar-refractivity contribution in [3.05, 3.63) is 35.4 Å². The summed E-state index contributed by atoms with van der Waals surface area (Å²) in [6.45, 7) is 4.22. The van der Waals surface area contributed by atoms with Gasteiger partial charge in [0.2, 0.25) is 0 Å². The molecule has 0 aliphatic carbocycles. The Bertz CT molecular complexity index is 317. The summed E-state index contributed by atoms with van der Waals surface area (Å²) in [5, 5.41) is 8.77. The summed E-state index contributed by atoms with van der Waals surface area (Å²) in [6, 6.07) is 7.64. The van der Waals surface area contributed by atoms with E-state index < -0.39 is 10.8 Å². The normalized spacial score (nSPS) is 12.9. The van der Waals surface area contributed by atoms with Crippen molar-refractivity contribution in [1.29, 1.82) is 0 Å². The van der Waals surface area contributed by atoms with Gasteiger partial charge in [0, 0.05) is 0 Å². The maximum Gasteiger partial charge on any atom is 0.321 e. The third-order valence-corrected chi connectivity index (χ3v) is 3.03. The molecule has 14 heavy (non-hydrogen) atoms. The highest BCUT2D eigenvalue weighted by Crippen LogP contribution is 2.24. The van der Waals surface area contributed by atoms with Gasteiger partial charge in [-0.1, -0.05) is 54.0 Å². The van der Waals surface area contributed by atoms with E-state index in [9.17, 15) is 4.79 Å². The largest absolute Gasteiger partial charge is 0.480 e. The third-order valence-electron chi connectivity index (χ3n) is 2.11. The van der Waals surface area contributed by atoms with Crippen LogP contribution in [0.3, 0.4) is 0 Å². The number of carboxylic acid groups (broad SMARTS) is 1. The van der Waals surface area contributed by atoms with E-state index in [0.29, 0.717) is 5.92 Å². The number of carboxylic acids is 1. The van der Waals surface area contributed by atoms with Crippen LogP contribution in [0.25, 0.3) is 0 Å². The lowest BCUT2D eigenvalue weighted by Crippen LogP contribution is -2.04. The van der Waals surface area contributed by atoms with E-state index in [1.165, 1.54) is 5.56 Å². The molecular formula is C11H13BrO2. The summed E-state index contributed by atoms with van der Waals surface area (Å²) < 4.78 is 0. The fourth-order valence-electron chi connectivity index (χ4n) is 1.19. The van der Waals surface area contributed by atoms with E-state index >= 15 is 0 Å². The molecule has 76 valence electrons. The Morgan fingerprint density at radius 2 is 1.64 bits per heavy atom. The maximum absolute atomic E-state index is 10.7. The van der Waals surface area contributed by atoms with E-state index in [-0.39, 0.29) is 0 Å². The number of rotatable bonds is 3. The zero-order chi connectivity index (χ0) is 10.7. The summed E-state index contributed by atoms with van der Waals surface area (Å²) in [6.07, 6.45) is 0. The molecule has 0 radical (unpaired) electrons. The molecule has 0 aliphatic rings. The van der Waals surface area contributed by atoms with Gasteiger partial charge in [-0.3, -0.25) is 4.79 Å². The van der Waals surface area contributed by atoms with Gasteiger partial charge in [-0.25, -0.2) is 0 Å². The maximum atomic E-state index is 10.7. The topological polar surface area (TPSA) is 37.3 Å². The second-order valence-corrected chi connectivity index (χ2v) is 4.44. The monoisotopic (exact) mass is 256 g/mol. The van der Waals surface area contributed by atoms with E-state index in [1.54, 1.807) is 0 Å². The Morgan fingerprint density at radius 3 is 2.00 bits per heavy atom. The van der Waals surface area contributed by atoms with Crippen LogP contribution < -0.4 is 0 Å². The molecule has 3 heteroatoms. The van der Waals surface area contributed by atoms with E-state index in [4.69, 9.17) is 5.11 Å². The SMILES string of the molecule is CC(C)c1ccc(C(Br)C(=O)O)cc1. The zero-order valence-corrected chi connectivity index (χ0v) is 9.78. The lowest BCUT2D eigenvalue weighted by molar-refractivity contribution is -0.136. The predicted octanol–water partition coefficient (Wildman–Crippen LogP) is 3.33. The lowest BCUT2D eigenvalue weighted by Gasteiger charge is -2.08. The molecule has 2 nitrogen and oxygen atoms in total. The van der Waals surface area contributed by atoms with Gasteiger partial charge in [-0.2, -0.15) is 0 Å². The second kappa shape index (κ2) is 4.60. The fraction of sp³-hybridized carbons (Fsp3) is 0.364. The van der Waals surface area contributed by atoms with Crippen molar-refractivity contribution < 1.29 is 9.90 Å². The number of benzene rings is 1. The molecule has 1 N–H and O–H groups in total. The van der Waals surface area contributed by atoms with Gasteiger partial charge in [-0.15, -0.1) is 0 Å². The van der Waals surface area contributed by atoms with Gasteiger partial charge in [0.1, 0.15) is 4.83 Å². The van der Waals surface area contributed by atoms with Gasteiger partial charge in [0.05, 0.1) is 0 Å².